The van der Waals surface area contributed by atoms with E-state index in [2.05, 4.69) is 22.1 Å². The van der Waals surface area contributed by atoms with Crippen LogP contribution in [0.3, 0.4) is 0 Å². The van der Waals surface area contributed by atoms with Crippen molar-refractivity contribution < 1.29 is 4.84 Å². The number of hydrazone groups is 1. The number of rotatable bonds is 4. The van der Waals surface area contributed by atoms with Gasteiger partial charge in [0.15, 0.2) is 0 Å². The molecule has 1 aromatic rings. The van der Waals surface area contributed by atoms with E-state index in [-0.39, 0.29) is 6.10 Å². The number of piperidine rings is 1. The smallest absolute Gasteiger partial charge is 0.0991 e. The lowest BCUT2D eigenvalue weighted by Crippen LogP contribution is -2.43. The van der Waals surface area contributed by atoms with Crippen molar-refractivity contribution in [3.63, 3.8) is 0 Å². The molecule has 0 bridgehead atoms. The first kappa shape index (κ1) is 17.3. The Balaban J connectivity index is 1.25. The van der Waals surface area contributed by atoms with E-state index in [9.17, 15) is 0 Å². The van der Waals surface area contributed by atoms with Crippen LogP contribution < -0.4 is 0 Å². The van der Waals surface area contributed by atoms with Gasteiger partial charge in [-0.2, -0.15) is 15.5 Å². The molecule has 1 saturated carbocycles. The molecule has 1 aromatic carbocycles. The van der Waals surface area contributed by atoms with Crippen LogP contribution in [0.5, 0.6) is 0 Å². The van der Waals surface area contributed by atoms with Crippen molar-refractivity contribution in [3.05, 3.63) is 41.5 Å². The van der Waals surface area contributed by atoms with Gasteiger partial charge in [-0.25, -0.2) is 0 Å². The molecule has 26 heavy (non-hydrogen) atoms. The van der Waals surface area contributed by atoms with Gasteiger partial charge in [0.2, 0.25) is 0 Å². The third kappa shape index (κ3) is 3.98. The van der Waals surface area contributed by atoms with Crippen LogP contribution in [-0.2, 0) is 4.84 Å². The molecule has 4 rings (SSSR count). The summed E-state index contributed by atoms with van der Waals surface area (Å²) < 4.78 is 0. The normalized spacial score (nSPS) is 22.4. The molecule has 0 spiro atoms. The number of allylic oxidation sites excluding steroid dienone is 1. The van der Waals surface area contributed by atoms with Crippen molar-refractivity contribution in [2.24, 2.45) is 5.10 Å². The summed E-state index contributed by atoms with van der Waals surface area (Å²) in [4.78, 5) is 8.75. The first-order valence-corrected chi connectivity index (χ1v) is 9.75. The molecular weight excluding hydrogens is 324 g/mol. The molecule has 0 amide bonds. The van der Waals surface area contributed by atoms with Crippen molar-refractivity contribution in [1.29, 1.82) is 5.26 Å². The third-order valence-corrected chi connectivity index (χ3v) is 5.73. The Kier molecular flexibility index (Phi) is 5.33. The third-order valence-electron chi connectivity index (χ3n) is 5.73. The lowest BCUT2D eigenvalue weighted by Gasteiger charge is -2.37. The SMILES string of the molecule is N#Cc1ccc(C2=CCN(OC3CCN(C4CCCC4)CC3)N=C2)cc1. The lowest BCUT2D eigenvalue weighted by molar-refractivity contribution is -0.203. The molecular formula is C21H26N4O. The zero-order valence-electron chi connectivity index (χ0n) is 15.2. The van der Waals surface area contributed by atoms with Crippen LogP contribution in [0, 0.1) is 11.3 Å². The second-order valence-electron chi connectivity index (χ2n) is 7.41. The molecule has 0 atom stereocenters. The second kappa shape index (κ2) is 8.03. The zero-order chi connectivity index (χ0) is 17.8. The number of hydrogen-bond acceptors (Lipinski definition) is 5. The highest BCUT2D eigenvalue weighted by atomic mass is 16.7. The second-order valence-corrected chi connectivity index (χ2v) is 7.41. The van der Waals surface area contributed by atoms with Gasteiger partial charge in [0.1, 0.15) is 0 Å². The topological polar surface area (TPSA) is 51.9 Å². The molecule has 2 heterocycles. The first-order valence-electron chi connectivity index (χ1n) is 9.75. The fourth-order valence-corrected chi connectivity index (χ4v) is 4.19. The lowest BCUT2D eigenvalue weighted by atomic mass is 10.0. The van der Waals surface area contributed by atoms with E-state index < -0.39 is 0 Å². The Morgan fingerprint density at radius 3 is 2.38 bits per heavy atom. The summed E-state index contributed by atoms with van der Waals surface area (Å²) in [5.74, 6) is 0. The summed E-state index contributed by atoms with van der Waals surface area (Å²) in [6.45, 7) is 2.97. The van der Waals surface area contributed by atoms with E-state index in [1.54, 1.807) is 5.17 Å². The molecule has 2 aliphatic heterocycles. The predicted molar refractivity (Wildman–Crippen MR) is 102 cm³/mol. The molecule has 0 aromatic heterocycles. The quantitative estimate of drug-likeness (QED) is 0.833. The van der Waals surface area contributed by atoms with Crippen molar-refractivity contribution >= 4 is 11.8 Å². The number of nitrogens with zero attached hydrogens (tertiary/aromatic N) is 4. The summed E-state index contributed by atoms with van der Waals surface area (Å²) in [6, 6.07) is 10.6. The minimum absolute atomic E-state index is 0.273. The van der Waals surface area contributed by atoms with Crippen LogP contribution in [0.1, 0.15) is 49.7 Å². The van der Waals surface area contributed by atoms with Crippen LogP contribution in [-0.4, -0.2) is 48.1 Å². The van der Waals surface area contributed by atoms with Crippen LogP contribution >= 0.6 is 0 Å². The molecule has 5 nitrogen and oxygen atoms in total. The first-order chi connectivity index (χ1) is 12.8. The standard InChI is InChI=1S/C21H26N4O/c22-15-17-5-7-18(8-6-17)19-9-14-25(23-16-19)26-21-10-12-24(13-11-21)20-3-1-2-4-20/h5-9,16,20-21H,1-4,10-14H2. The Hall–Kier alpha value is -2.16. The predicted octanol–water partition coefficient (Wildman–Crippen LogP) is 3.58. The molecule has 2 fully saturated rings. The van der Waals surface area contributed by atoms with Crippen molar-refractivity contribution in [1.82, 2.24) is 10.1 Å². The van der Waals surface area contributed by atoms with Crippen molar-refractivity contribution in [2.75, 3.05) is 19.6 Å². The zero-order valence-corrected chi connectivity index (χ0v) is 15.2. The Morgan fingerprint density at radius 1 is 1.04 bits per heavy atom. The van der Waals surface area contributed by atoms with Gasteiger partial charge in [0.25, 0.3) is 0 Å². The largest absolute Gasteiger partial charge is 0.300 e. The van der Waals surface area contributed by atoms with Crippen LogP contribution in [0.25, 0.3) is 5.57 Å². The summed E-state index contributed by atoms with van der Waals surface area (Å²) >= 11 is 0. The monoisotopic (exact) mass is 350 g/mol. The average Bonchev–Trinajstić information content (AvgIpc) is 3.24. The highest BCUT2D eigenvalue weighted by molar-refractivity contribution is 6.10. The highest BCUT2D eigenvalue weighted by Gasteiger charge is 2.28. The van der Waals surface area contributed by atoms with Crippen LogP contribution in [0.4, 0.5) is 0 Å². The Morgan fingerprint density at radius 2 is 1.77 bits per heavy atom. The van der Waals surface area contributed by atoms with E-state index in [0.29, 0.717) is 12.1 Å². The van der Waals surface area contributed by atoms with Crippen LogP contribution in [0.15, 0.2) is 35.4 Å². The van der Waals surface area contributed by atoms with E-state index >= 15 is 0 Å². The van der Waals surface area contributed by atoms with E-state index in [0.717, 1.165) is 43.1 Å². The van der Waals surface area contributed by atoms with Gasteiger partial charge in [-0.3, -0.25) is 4.84 Å². The maximum atomic E-state index is 8.89. The molecule has 136 valence electrons. The molecule has 0 radical (unpaired) electrons. The molecule has 3 aliphatic rings. The van der Waals surface area contributed by atoms with Crippen LogP contribution in [0.2, 0.25) is 0 Å². The molecule has 5 heteroatoms. The van der Waals surface area contributed by atoms with Gasteiger partial charge in [0, 0.05) is 19.1 Å². The summed E-state index contributed by atoms with van der Waals surface area (Å²) in [6.07, 6.45) is 12.0. The highest BCUT2D eigenvalue weighted by Crippen LogP contribution is 2.27. The number of hydrogen-bond donors (Lipinski definition) is 0. The van der Waals surface area contributed by atoms with E-state index in [1.165, 1.54) is 25.7 Å². The van der Waals surface area contributed by atoms with E-state index in [4.69, 9.17) is 10.1 Å². The molecule has 1 saturated heterocycles. The Bertz CT molecular complexity index is 705. The van der Waals surface area contributed by atoms with Gasteiger partial charge in [-0.1, -0.05) is 31.1 Å². The minimum Gasteiger partial charge on any atom is -0.300 e. The van der Waals surface area contributed by atoms with Gasteiger partial charge >= 0.3 is 0 Å². The van der Waals surface area contributed by atoms with Crippen molar-refractivity contribution in [3.8, 4) is 6.07 Å². The molecule has 1 aliphatic carbocycles. The maximum Gasteiger partial charge on any atom is 0.0991 e. The van der Waals surface area contributed by atoms with Gasteiger partial charge in [-0.15, -0.1) is 0 Å². The summed E-state index contributed by atoms with van der Waals surface area (Å²) in [7, 11) is 0. The Labute approximate surface area is 155 Å². The van der Waals surface area contributed by atoms with Gasteiger partial charge in [0.05, 0.1) is 30.5 Å². The van der Waals surface area contributed by atoms with Gasteiger partial charge in [-0.05, 0) is 49.0 Å². The van der Waals surface area contributed by atoms with Gasteiger partial charge < -0.3 is 4.90 Å². The maximum absolute atomic E-state index is 8.89. The summed E-state index contributed by atoms with van der Waals surface area (Å²) in [5.41, 5.74) is 2.83. The molecule has 0 unspecified atom stereocenters. The number of benzene rings is 1. The fourth-order valence-electron chi connectivity index (χ4n) is 4.19. The van der Waals surface area contributed by atoms with Crippen molar-refractivity contribution in [2.45, 2.75) is 50.7 Å². The summed E-state index contributed by atoms with van der Waals surface area (Å²) in [5, 5.41) is 15.1. The number of hydroxylamine groups is 1. The van der Waals surface area contributed by atoms with E-state index in [1.807, 2.05) is 30.5 Å². The average molecular weight is 350 g/mol. The molecule has 0 N–H and O–H groups in total. The fraction of sp³-hybridized carbons (Fsp3) is 0.524. The number of likely N-dealkylation sites (tertiary alicyclic amines) is 1. The minimum atomic E-state index is 0.273. The number of nitriles is 1.